The van der Waals surface area contributed by atoms with Crippen LogP contribution in [-0.4, -0.2) is 7.25 Å². The molecule has 0 fully saturated rings. The fourth-order valence-corrected chi connectivity index (χ4v) is 2.66. The Balaban J connectivity index is 0.000000150. The van der Waals surface area contributed by atoms with E-state index in [-0.39, 0.29) is 19.5 Å². The molecule has 0 atom stereocenters. The number of rotatable bonds is 0. The van der Waals surface area contributed by atoms with Crippen molar-refractivity contribution in [2.75, 3.05) is 0 Å². The molecule has 0 unspecified atom stereocenters. The number of halogens is 4. The zero-order valence-corrected chi connectivity index (χ0v) is 12.4. The van der Waals surface area contributed by atoms with Gasteiger partial charge < -0.3 is 17.3 Å². The first-order valence-corrected chi connectivity index (χ1v) is 6.51. The van der Waals surface area contributed by atoms with Gasteiger partial charge in [0.25, 0.3) is 0 Å². The van der Waals surface area contributed by atoms with Crippen LogP contribution in [0.1, 0.15) is 12.8 Å². The van der Waals surface area contributed by atoms with Crippen molar-refractivity contribution in [2.45, 2.75) is 12.8 Å². The summed E-state index contributed by atoms with van der Waals surface area (Å²) in [4.78, 5) is 0. The van der Waals surface area contributed by atoms with Gasteiger partial charge in [0.15, 0.2) is 0 Å². The Bertz CT molecular complexity index is 329. The van der Waals surface area contributed by atoms with Gasteiger partial charge in [-0.05, 0) is 36.5 Å². The van der Waals surface area contributed by atoms with Gasteiger partial charge >= 0.3 is 7.25 Å². The average molecular weight is 374 g/mol. The molecule has 20 heavy (non-hydrogen) atoms. The van der Waals surface area contributed by atoms with Crippen LogP contribution in [0.5, 0.6) is 0 Å². The van der Waals surface area contributed by atoms with E-state index in [1.54, 1.807) is 0 Å². The van der Waals surface area contributed by atoms with Crippen LogP contribution in [0.3, 0.4) is 0 Å². The molecule has 4 aliphatic rings. The average Bonchev–Trinajstić information content (AvgIpc) is 3.10. The molecular formula is C14H16BF4Rh-. The van der Waals surface area contributed by atoms with E-state index in [0.717, 1.165) is 23.7 Å². The van der Waals surface area contributed by atoms with Gasteiger partial charge in [-0.2, -0.15) is 0 Å². The molecule has 6 heteroatoms. The van der Waals surface area contributed by atoms with E-state index in [1.807, 2.05) is 0 Å². The smallest absolute Gasteiger partial charge is 0.418 e. The zero-order valence-electron chi connectivity index (χ0n) is 10.8. The Morgan fingerprint density at radius 3 is 0.750 bits per heavy atom. The first kappa shape index (κ1) is 17.4. The third-order valence-electron chi connectivity index (χ3n) is 3.51. The first-order chi connectivity index (χ1) is 8.90. The van der Waals surface area contributed by atoms with Gasteiger partial charge in [0.2, 0.25) is 0 Å². The Morgan fingerprint density at radius 1 is 0.550 bits per heavy atom. The minimum atomic E-state index is -6.00. The second kappa shape index (κ2) is 7.40. The molecule has 0 saturated heterocycles. The summed E-state index contributed by atoms with van der Waals surface area (Å²) in [5.41, 5.74) is 0. The molecule has 1 radical (unpaired) electrons. The van der Waals surface area contributed by atoms with Crippen LogP contribution in [-0.2, 0) is 19.5 Å². The molecule has 0 spiro atoms. The number of fused-ring (bicyclic) bond motifs is 4. The van der Waals surface area contributed by atoms with Gasteiger partial charge in [-0.1, -0.05) is 48.6 Å². The molecular weight excluding hydrogens is 358 g/mol. The summed E-state index contributed by atoms with van der Waals surface area (Å²) in [6, 6.07) is 0. The van der Waals surface area contributed by atoms with Gasteiger partial charge in [0.05, 0.1) is 0 Å². The van der Waals surface area contributed by atoms with Crippen molar-refractivity contribution in [3.8, 4) is 0 Å². The van der Waals surface area contributed by atoms with Crippen molar-refractivity contribution in [2.24, 2.45) is 23.7 Å². The molecule has 0 nitrogen and oxygen atoms in total. The maximum atomic E-state index is 9.75. The Hall–Kier alpha value is -0.632. The summed E-state index contributed by atoms with van der Waals surface area (Å²) in [5, 5.41) is 0. The van der Waals surface area contributed by atoms with Gasteiger partial charge in [0.1, 0.15) is 0 Å². The predicted octanol–water partition coefficient (Wildman–Crippen LogP) is 4.79. The van der Waals surface area contributed by atoms with Crippen molar-refractivity contribution < 1.29 is 36.7 Å². The van der Waals surface area contributed by atoms with Crippen LogP contribution >= 0.6 is 0 Å². The topological polar surface area (TPSA) is 0 Å². The standard InChI is InChI=1S/2C7H8.BF4.Rh/c2*1-2-7-4-3-6(1)5-7;2-1(3,4)5;/h2*1-4,6-7H,5H2;;/q;;-1;. The second-order valence-electron chi connectivity index (χ2n) is 5.16. The van der Waals surface area contributed by atoms with E-state index >= 15 is 0 Å². The molecule has 0 aromatic heterocycles. The van der Waals surface area contributed by atoms with Gasteiger partial charge in [-0.15, -0.1) is 0 Å². The van der Waals surface area contributed by atoms with Gasteiger partial charge in [-0.25, -0.2) is 0 Å². The maximum absolute atomic E-state index is 9.75. The molecule has 0 amide bonds. The van der Waals surface area contributed by atoms with Crippen molar-refractivity contribution in [1.82, 2.24) is 0 Å². The quantitative estimate of drug-likeness (QED) is 0.325. The summed E-state index contributed by atoms with van der Waals surface area (Å²) in [6.07, 6.45) is 21.1. The summed E-state index contributed by atoms with van der Waals surface area (Å²) in [7, 11) is -6.00. The Labute approximate surface area is 129 Å². The minimum Gasteiger partial charge on any atom is -0.418 e. The zero-order chi connectivity index (χ0) is 13.9. The van der Waals surface area contributed by atoms with E-state index in [4.69, 9.17) is 0 Å². The van der Waals surface area contributed by atoms with Gasteiger partial charge in [-0.3, -0.25) is 0 Å². The van der Waals surface area contributed by atoms with Gasteiger partial charge in [0, 0.05) is 19.5 Å². The molecule has 0 saturated carbocycles. The van der Waals surface area contributed by atoms with E-state index in [1.165, 1.54) is 12.8 Å². The van der Waals surface area contributed by atoms with Crippen molar-refractivity contribution in [1.29, 1.82) is 0 Å². The molecule has 4 aliphatic carbocycles. The van der Waals surface area contributed by atoms with Crippen LogP contribution in [0.4, 0.5) is 17.3 Å². The first-order valence-electron chi connectivity index (χ1n) is 6.51. The number of allylic oxidation sites excluding steroid dienone is 8. The van der Waals surface area contributed by atoms with E-state index in [0.29, 0.717) is 0 Å². The SMILES string of the molecule is C1=CC2C=CC1C2.C1=CC2C=CC1C2.F[B-](F)(F)F.[Rh]. The minimum absolute atomic E-state index is 0. The van der Waals surface area contributed by atoms with E-state index in [2.05, 4.69) is 48.6 Å². The molecule has 113 valence electrons. The molecule has 4 bridgehead atoms. The van der Waals surface area contributed by atoms with E-state index in [9.17, 15) is 17.3 Å². The van der Waals surface area contributed by atoms with Crippen LogP contribution in [0.25, 0.3) is 0 Å². The van der Waals surface area contributed by atoms with Crippen LogP contribution in [0, 0.1) is 23.7 Å². The molecule has 4 rings (SSSR count). The molecule has 0 aliphatic heterocycles. The van der Waals surface area contributed by atoms with Crippen LogP contribution in [0.15, 0.2) is 48.6 Å². The third-order valence-corrected chi connectivity index (χ3v) is 3.51. The normalized spacial score (nSPS) is 33.4. The Kier molecular flexibility index (Phi) is 6.44. The monoisotopic (exact) mass is 374 g/mol. The molecule has 0 heterocycles. The van der Waals surface area contributed by atoms with Crippen LogP contribution < -0.4 is 0 Å². The second-order valence-corrected chi connectivity index (χ2v) is 5.16. The summed E-state index contributed by atoms with van der Waals surface area (Å²) in [6.45, 7) is 0. The number of hydrogen-bond donors (Lipinski definition) is 0. The van der Waals surface area contributed by atoms with E-state index < -0.39 is 7.25 Å². The fourth-order valence-electron chi connectivity index (χ4n) is 2.66. The summed E-state index contributed by atoms with van der Waals surface area (Å²) < 4.78 is 39.0. The maximum Gasteiger partial charge on any atom is 0.673 e. The predicted molar refractivity (Wildman–Crippen MR) is 69.9 cm³/mol. The van der Waals surface area contributed by atoms with Crippen molar-refractivity contribution >= 4 is 7.25 Å². The summed E-state index contributed by atoms with van der Waals surface area (Å²) in [5.74, 6) is 3.24. The molecule has 0 aromatic carbocycles. The third kappa shape index (κ3) is 6.21. The molecule has 0 N–H and O–H groups in total. The fraction of sp³-hybridized carbons (Fsp3) is 0.429. The molecule has 0 aromatic rings. The van der Waals surface area contributed by atoms with Crippen LogP contribution in [0.2, 0.25) is 0 Å². The Morgan fingerprint density at radius 2 is 0.700 bits per heavy atom. The van der Waals surface area contributed by atoms with Crippen molar-refractivity contribution in [3.63, 3.8) is 0 Å². The largest absolute Gasteiger partial charge is 0.673 e. The number of hydrogen-bond acceptors (Lipinski definition) is 0. The summed E-state index contributed by atoms with van der Waals surface area (Å²) >= 11 is 0. The van der Waals surface area contributed by atoms with Crippen molar-refractivity contribution in [3.05, 3.63) is 48.6 Å².